The van der Waals surface area contributed by atoms with Gasteiger partial charge in [-0.25, -0.2) is 4.98 Å². The Morgan fingerprint density at radius 1 is 1.28 bits per heavy atom. The second kappa shape index (κ2) is 5.26. The van der Waals surface area contributed by atoms with Gasteiger partial charge in [-0.3, -0.25) is 4.90 Å². The second-order valence-corrected chi connectivity index (χ2v) is 5.11. The van der Waals surface area contributed by atoms with Crippen molar-refractivity contribution in [3.63, 3.8) is 0 Å². The lowest BCUT2D eigenvalue weighted by molar-refractivity contribution is 0.278. The third-order valence-corrected chi connectivity index (χ3v) is 3.62. The first-order valence-electron chi connectivity index (χ1n) is 6.39. The molecule has 1 aliphatic rings. The van der Waals surface area contributed by atoms with E-state index < -0.39 is 0 Å². The lowest BCUT2D eigenvalue weighted by atomic mass is 10.3. The Labute approximate surface area is 111 Å². The van der Waals surface area contributed by atoms with Crippen LogP contribution in [0.15, 0.2) is 18.2 Å². The highest BCUT2D eigenvalue weighted by molar-refractivity contribution is 6.34. The van der Waals surface area contributed by atoms with Crippen molar-refractivity contribution >= 4 is 22.6 Å². The lowest BCUT2D eigenvalue weighted by Crippen LogP contribution is -2.28. The molecule has 0 radical (unpaired) electrons. The van der Waals surface area contributed by atoms with Gasteiger partial charge in [0.1, 0.15) is 11.3 Å². The number of fused-ring (bicyclic) bond motifs is 1. The van der Waals surface area contributed by atoms with Crippen molar-refractivity contribution in [2.45, 2.75) is 13.0 Å². The zero-order valence-corrected chi connectivity index (χ0v) is 11.0. The Balaban J connectivity index is 1.79. The van der Waals surface area contributed by atoms with E-state index in [1.165, 1.54) is 6.42 Å². The number of halogens is 1. The molecule has 1 aromatic heterocycles. The molecule has 0 saturated carbocycles. The third-order valence-electron chi connectivity index (χ3n) is 3.32. The van der Waals surface area contributed by atoms with Crippen LogP contribution >= 0.6 is 11.6 Å². The van der Waals surface area contributed by atoms with Crippen LogP contribution in [0.2, 0.25) is 5.02 Å². The first kappa shape index (κ1) is 12.0. The van der Waals surface area contributed by atoms with Gasteiger partial charge in [-0.2, -0.15) is 0 Å². The molecule has 0 spiro atoms. The van der Waals surface area contributed by atoms with Gasteiger partial charge in [0.2, 0.25) is 0 Å². The van der Waals surface area contributed by atoms with E-state index in [2.05, 4.69) is 20.2 Å². The topological polar surface area (TPSA) is 44.0 Å². The number of aromatic amines is 1. The van der Waals surface area contributed by atoms with Gasteiger partial charge in [-0.1, -0.05) is 17.7 Å². The lowest BCUT2D eigenvalue weighted by Gasteiger charge is -2.17. The van der Waals surface area contributed by atoms with Crippen LogP contribution in [0.5, 0.6) is 0 Å². The summed E-state index contributed by atoms with van der Waals surface area (Å²) in [7, 11) is 0. The minimum absolute atomic E-state index is 0.715. The molecule has 3 rings (SSSR count). The molecule has 1 aliphatic heterocycles. The van der Waals surface area contributed by atoms with E-state index in [4.69, 9.17) is 11.6 Å². The van der Waals surface area contributed by atoms with Crippen molar-refractivity contribution in [2.75, 3.05) is 26.2 Å². The maximum atomic E-state index is 6.13. The predicted octanol–water partition coefficient (Wildman–Crippen LogP) is 2.01. The van der Waals surface area contributed by atoms with Crippen LogP contribution in [-0.2, 0) is 6.54 Å². The summed E-state index contributed by atoms with van der Waals surface area (Å²) in [4.78, 5) is 10.4. The molecule has 1 aromatic carbocycles. The summed E-state index contributed by atoms with van der Waals surface area (Å²) in [6.45, 7) is 5.23. The highest BCUT2D eigenvalue weighted by Crippen LogP contribution is 2.21. The van der Waals surface area contributed by atoms with E-state index in [1.54, 1.807) is 0 Å². The molecule has 2 aromatic rings. The van der Waals surface area contributed by atoms with Gasteiger partial charge in [0.05, 0.1) is 17.1 Å². The van der Waals surface area contributed by atoms with Crippen LogP contribution in [0.25, 0.3) is 11.0 Å². The second-order valence-electron chi connectivity index (χ2n) is 4.70. The smallest absolute Gasteiger partial charge is 0.121 e. The number of para-hydroxylation sites is 1. The Morgan fingerprint density at radius 3 is 3.11 bits per heavy atom. The van der Waals surface area contributed by atoms with Gasteiger partial charge in [0.25, 0.3) is 0 Å². The fourth-order valence-corrected chi connectivity index (χ4v) is 2.61. The molecule has 96 valence electrons. The molecule has 18 heavy (non-hydrogen) atoms. The van der Waals surface area contributed by atoms with Crippen LogP contribution in [0.3, 0.4) is 0 Å². The highest BCUT2D eigenvalue weighted by atomic mass is 35.5. The normalized spacial score (nSPS) is 18.1. The molecule has 0 amide bonds. The van der Waals surface area contributed by atoms with Gasteiger partial charge >= 0.3 is 0 Å². The zero-order chi connectivity index (χ0) is 12.4. The number of rotatable bonds is 2. The monoisotopic (exact) mass is 264 g/mol. The summed E-state index contributed by atoms with van der Waals surface area (Å²) in [5, 5.41) is 4.12. The van der Waals surface area contributed by atoms with Crippen LogP contribution in [0.4, 0.5) is 0 Å². The molecular weight excluding hydrogens is 248 g/mol. The number of nitrogens with one attached hydrogen (secondary N) is 2. The molecule has 0 aliphatic carbocycles. The predicted molar refractivity (Wildman–Crippen MR) is 73.9 cm³/mol. The van der Waals surface area contributed by atoms with Gasteiger partial charge in [-0.15, -0.1) is 0 Å². The Bertz CT molecular complexity index is 529. The van der Waals surface area contributed by atoms with E-state index in [0.717, 1.165) is 49.6 Å². The van der Waals surface area contributed by atoms with Crippen molar-refractivity contribution in [1.29, 1.82) is 0 Å². The Kier molecular flexibility index (Phi) is 3.50. The first-order chi connectivity index (χ1) is 8.83. The first-order valence-corrected chi connectivity index (χ1v) is 6.77. The zero-order valence-electron chi connectivity index (χ0n) is 10.2. The van der Waals surface area contributed by atoms with E-state index >= 15 is 0 Å². The third kappa shape index (κ3) is 2.51. The summed E-state index contributed by atoms with van der Waals surface area (Å²) in [6, 6.07) is 5.84. The summed E-state index contributed by atoms with van der Waals surface area (Å²) in [5.74, 6) is 1.00. The molecule has 4 nitrogen and oxygen atoms in total. The quantitative estimate of drug-likeness (QED) is 0.872. The van der Waals surface area contributed by atoms with Crippen molar-refractivity contribution in [3.8, 4) is 0 Å². The number of benzene rings is 1. The maximum absolute atomic E-state index is 6.13. The largest absolute Gasteiger partial charge is 0.341 e. The van der Waals surface area contributed by atoms with Crippen molar-refractivity contribution in [2.24, 2.45) is 0 Å². The number of nitrogens with zero attached hydrogens (tertiary/aromatic N) is 2. The summed E-state index contributed by atoms with van der Waals surface area (Å²) in [5.41, 5.74) is 1.90. The summed E-state index contributed by atoms with van der Waals surface area (Å²) >= 11 is 6.13. The number of imidazole rings is 1. The standard InChI is InChI=1S/C13H17ClN4/c14-10-3-1-4-11-13(10)17-12(16-11)9-18-7-2-5-15-6-8-18/h1,3-4,15H,2,5-9H2,(H,16,17). The van der Waals surface area contributed by atoms with Gasteiger partial charge in [0, 0.05) is 13.1 Å². The van der Waals surface area contributed by atoms with E-state index in [1.807, 2.05) is 18.2 Å². The van der Waals surface area contributed by atoms with E-state index in [0.29, 0.717) is 5.02 Å². The highest BCUT2D eigenvalue weighted by Gasteiger charge is 2.12. The summed E-state index contributed by atoms with van der Waals surface area (Å²) < 4.78 is 0. The average molecular weight is 265 g/mol. The molecule has 2 N–H and O–H groups in total. The number of hydrogen-bond acceptors (Lipinski definition) is 3. The molecule has 0 atom stereocenters. The van der Waals surface area contributed by atoms with Crippen molar-refractivity contribution in [3.05, 3.63) is 29.0 Å². The van der Waals surface area contributed by atoms with Gasteiger partial charge < -0.3 is 10.3 Å². The van der Waals surface area contributed by atoms with Crippen LogP contribution in [0, 0.1) is 0 Å². The maximum Gasteiger partial charge on any atom is 0.121 e. The van der Waals surface area contributed by atoms with Crippen molar-refractivity contribution in [1.82, 2.24) is 20.2 Å². The van der Waals surface area contributed by atoms with Gasteiger partial charge in [0.15, 0.2) is 0 Å². The fourth-order valence-electron chi connectivity index (χ4n) is 2.39. The average Bonchev–Trinajstić information content (AvgIpc) is 2.60. The van der Waals surface area contributed by atoms with Crippen LogP contribution in [0.1, 0.15) is 12.2 Å². The number of hydrogen-bond donors (Lipinski definition) is 2. The minimum atomic E-state index is 0.715. The van der Waals surface area contributed by atoms with Crippen LogP contribution < -0.4 is 5.32 Å². The number of aromatic nitrogens is 2. The van der Waals surface area contributed by atoms with Crippen LogP contribution in [-0.4, -0.2) is 41.0 Å². The Morgan fingerprint density at radius 2 is 2.22 bits per heavy atom. The summed E-state index contributed by atoms with van der Waals surface area (Å²) in [6.07, 6.45) is 1.20. The van der Waals surface area contributed by atoms with Gasteiger partial charge in [-0.05, 0) is 31.6 Å². The Hall–Kier alpha value is -1.10. The molecule has 2 heterocycles. The van der Waals surface area contributed by atoms with E-state index in [9.17, 15) is 0 Å². The molecule has 1 saturated heterocycles. The molecule has 0 unspecified atom stereocenters. The fraction of sp³-hybridized carbons (Fsp3) is 0.462. The number of H-pyrrole nitrogens is 1. The molecule has 1 fully saturated rings. The SMILES string of the molecule is Clc1cccc2[nH]c(CN3CCCNCC3)nc12. The molecule has 5 heteroatoms. The molecular formula is C13H17ClN4. The molecule has 0 bridgehead atoms. The van der Waals surface area contributed by atoms with E-state index in [-0.39, 0.29) is 0 Å². The van der Waals surface area contributed by atoms with Crippen molar-refractivity contribution < 1.29 is 0 Å². The minimum Gasteiger partial charge on any atom is -0.341 e.